The van der Waals surface area contributed by atoms with Crippen LogP contribution < -0.4 is 0 Å². The molecule has 0 aliphatic carbocycles. The molecule has 0 saturated heterocycles. The second-order valence-corrected chi connectivity index (χ2v) is 3.78. The van der Waals surface area contributed by atoms with Crippen molar-refractivity contribution in [2.45, 2.75) is 19.1 Å². The summed E-state index contributed by atoms with van der Waals surface area (Å²) in [5.74, 6) is 0. The molecule has 0 aromatic rings. The largest absolute Gasteiger partial charge is 0.0865 e. The predicted octanol–water partition coefficient (Wildman–Crippen LogP) is 2.48. The highest BCUT2D eigenvalue weighted by Gasteiger charge is 1.82. The summed E-state index contributed by atoms with van der Waals surface area (Å²) in [6, 6.07) is 0. The zero-order chi connectivity index (χ0) is 4.28. The van der Waals surface area contributed by atoms with Crippen LogP contribution in [0.1, 0.15) is 13.8 Å². The highest BCUT2D eigenvalue weighted by atomic mass is 127. The maximum absolute atomic E-state index is 2.29. The highest BCUT2D eigenvalue weighted by molar-refractivity contribution is 14.2. The average Bonchev–Trinajstić information content (AvgIpc) is 1.38. The molecular formula is C3H7IS. The Morgan fingerprint density at radius 2 is 1.80 bits per heavy atom. The van der Waals surface area contributed by atoms with E-state index in [9.17, 15) is 0 Å². The summed E-state index contributed by atoms with van der Waals surface area (Å²) in [5, 5.41) is 0.788. The topological polar surface area (TPSA) is 0 Å². The Labute approximate surface area is 49.3 Å². The molecule has 0 fully saturated rings. The van der Waals surface area contributed by atoms with Crippen molar-refractivity contribution in [2.24, 2.45) is 0 Å². The van der Waals surface area contributed by atoms with E-state index in [-0.39, 0.29) is 0 Å². The van der Waals surface area contributed by atoms with E-state index in [0.717, 1.165) is 5.25 Å². The minimum absolute atomic E-state index is 0.788. The number of hydrogen-bond donors (Lipinski definition) is 0. The summed E-state index contributed by atoms with van der Waals surface area (Å²) in [4.78, 5) is 0. The van der Waals surface area contributed by atoms with Gasteiger partial charge in [0, 0.05) is 5.25 Å². The van der Waals surface area contributed by atoms with Crippen LogP contribution in [0.2, 0.25) is 0 Å². The van der Waals surface area contributed by atoms with Gasteiger partial charge in [0.15, 0.2) is 0 Å². The van der Waals surface area contributed by atoms with E-state index in [1.165, 1.54) is 0 Å². The average molecular weight is 202 g/mol. The van der Waals surface area contributed by atoms with Gasteiger partial charge in [-0.25, -0.2) is 0 Å². The third kappa shape index (κ3) is 5.08. The minimum atomic E-state index is 0.788. The molecule has 0 saturated carbocycles. The fourth-order valence-electron chi connectivity index (χ4n) is 0. The molecule has 2 heteroatoms. The molecule has 0 aliphatic rings. The SMILES string of the molecule is CC(C)SI. The summed E-state index contributed by atoms with van der Waals surface area (Å²) in [6.07, 6.45) is 0. The number of hydrogen-bond acceptors (Lipinski definition) is 1. The van der Waals surface area contributed by atoms with E-state index in [2.05, 4.69) is 35.1 Å². The van der Waals surface area contributed by atoms with Crippen molar-refractivity contribution < 1.29 is 0 Å². The van der Waals surface area contributed by atoms with Crippen LogP contribution >= 0.6 is 30.1 Å². The van der Waals surface area contributed by atoms with Gasteiger partial charge in [-0.2, -0.15) is 0 Å². The van der Waals surface area contributed by atoms with Crippen molar-refractivity contribution in [2.75, 3.05) is 0 Å². The van der Waals surface area contributed by atoms with Crippen molar-refractivity contribution in [3.05, 3.63) is 0 Å². The fraction of sp³-hybridized carbons (Fsp3) is 1.00. The van der Waals surface area contributed by atoms with Gasteiger partial charge in [0.25, 0.3) is 0 Å². The number of rotatable bonds is 1. The molecule has 0 unspecified atom stereocenters. The Bertz CT molecular complexity index is 20.9. The third-order valence-electron chi connectivity index (χ3n) is 0.178. The normalized spacial score (nSPS) is 9.60. The Kier molecular flexibility index (Phi) is 3.98. The summed E-state index contributed by atoms with van der Waals surface area (Å²) in [6.45, 7) is 4.36. The van der Waals surface area contributed by atoms with Gasteiger partial charge >= 0.3 is 0 Å². The first kappa shape index (κ1) is 6.08. The van der Waals surface area contributed by atoms with Crippen LogP contribution in [-0.2, 0) is 0 Å². The van der Waals surface area contributed by atoms with Crippen LogP contribution in [0.25, 0.3) is 0 Å². The lowest BCUT2D eigenvalue weighted by molar-refractivity contribution is 1.12. The second-order valence-electron chi connectivity index (χ2n) is 1.14. The summed E-state index contributed by atoms with van der Waals surface area (Å²) in [7, 11) is 1.85. The molecule has 0 bridgehead atoms. The van der Waals surface area contributed by atoms with Gasteiger partial charge in [0.2, 0.25) is 0 Å². The first-order valence-electron chi connectivity index (χ1n) is 1.54. The van der Waals surface area contributed by atoms with Gasteiger partial charge in [-0.3, -0.25) is 0 Å². The summed E-state index contributed by atoms with van der Waals surface area (Å²) in [5.41, 5.74) is 0. The lowest BCUT2D eigenvalue weighted by Gasteiger charge is -1.88. The molecule has 0 aromatic heterocycles. The van der Waals surface area contributed by atoms with Crippen LogP contribution in [0.3, 0.4) is 0 Å². The van der Waals surface area contributed by atoms with Gasteiger partial charge in [0.1, 0.15) is 0 Å². The summed E-state index contributed by atoms with van der Waals surface area (Å²) >= 11 is 2.29. The predicted molar refractivity (Wildman–Crippen MR) is 36.7 cm³/mol. The first-order chi connectivity index (χ1) is 2.27. The molecule has 0 aromatic carbocycles. The zero-order valence-corrected chi connectivity index (χ0v) is 6.34. The van der Waals surface area contributed by atoms with Crippen LogP contribution in [0.4, 0.5) is 0 Å². The molecule has 0 nitrogen and oxygen atoms in total. The standard InChI is InChI=1S/C3H7IS/c1-3(2)5-4/h3H,1-2H3. The van der Waals surface area contributed by atoms with Gasteiger partial charge in [0.05, 0.1) is 0 Å². The van der Waals surface area contributed by atoms with E-state index in [1.54, 1.807) is 0 Å². The van der Waals surface area contributed by atoms with Crippen LogP contribution in [-0.4, -0.2) is 5.25 Å². The highest BCUT2D eigenvalue weighted by Crippen LogP contribution is 2.16. The van der Waals surface area contributed by atoms with Crippen molar-refractivity contribution in [3.8, 4) is 0 Å². The van der Waals surface area contributed by atoms with Crippen molar-refractivity contribution in [1.82, 2.24) is 0 Å². The Morgan fingerprint density at radius 3 is 1.80 bits per heavy atom. The monoisotopic (exact) mass is 202 g/mol. The van der Waals surface area contributed by atoms with E-state index >= 15 is 0 Å². The molecule has 0 spiro atoms. The van der Waals surface area contributed by atoms with Crippen molar-refractivity contribution >= 4 is 30.1 Å². The Morgan fingerprint density at radius 1 is 1.60 bits per heavy atom. The molecule has 0 heterocycles. The van der Waals surface area contributed by atoms with Crippen LogP contribution in [0, 0.1) is 0 Å². The third-order valence-corrected chi connectivity index (χ3v) is 3.59. The maximum atomic E-state index is 2.29. The Balaban J connectivity index is 2.54. The van der Waals surface area contributed by atoms with E-state index in [1.807, 2.05) is 8.93 Å². The molecule has 0 radical (unpaired) electrons. The lowest BCUT2D eigenvalue weighted by atomic mass is 10.6. The lowest BCUT2D eigenvalue weighted by Crippen LogP contribution is -1.75. The van der Waals surface area contributed by atoms with Gasteiger partial charge in [-0.1, -0.05) is 22.8 Å². The minimum Gasteiger partial charge on any atom is -0.0865 e. The van der Waals surface area contributed by atoms with E-state index in [0.29, 0.717) is 0 Å². The molecule has 32 valence electrons. The Hall–Kier alpha value is 1.08. The van der Waals surface area contributed by atoms with Crippen LogP contribution in [0.5, 0.6) is 0 Å². The maximum Gasteiger partial charge on any atom is 0.00910 e. The zero-order valence-electron chi connectivity index (χ0n) is 3.36. The van der Waals surface area contributed by atoms with E-state index in [4.69, 9.17) is 0 Å². The molecule has 0 atom stereocenters. The van der Waals surface area contributed by atoms with Crippen LogP contribution in [0.15, 0.2) is 0 Å². The molecule has 0 amide bonds. The molecule has 0 N–H and O–H groups in total. The van der Waals surface area contributed by atoms with Gasteiger partial charge < -0.3 is 0 Å². The molecule has 0 rings (SSSR count). The summed E-state index contributed by atoms with van der Waals surface area (Å²) < 4.78 is 0. The fourth-order valence-corrected chi connectivity index (χ4v) is 0. The number of halogens is 1. The van der Waals surface area contributed by atoms with E-state index < -0.39 is 0 Å². The molecule has 0 aliphatic heterocycles. The second kappa shape index (κ2) is 3.28. The first-order valence-corrected chi connectivity index (χ1v) is 4.97. The van der Waals surface area contributed by atoms with Crippen molar-refractivity contribution in [1.29, 1.82) is 0 Å². The van der Waals surface area contributed by atoms with Gasteiger partial charge in [-0.15, -0.1) is 0 Å². The van der Waals surface area contributed by atoms with Crippen molar-refractivity contribution in [3.63, 3.8) is 0 Å². The molecule has 5 heavy (non-hydrogen) atoms. The van der Waals surface area contributed by atoms with Gasteiger partial charge in [-0.05, 0) is 21.2 Å². The molecular weight excluding hydrogens is 195 g/mol. The quantitative estimate of drug-likeness (QED) is 0.588. The smallest absolute Gasteiger partial charge is 0.00910 e.